The molecule has 178 valence electrons. The van der Waals surface area contributed by atoms with Gasteiger partial charge in [0.05, 0.1) is 12.7 Å². The summed E-state index contributed by atoms with van der Waals surface area (Å²) in [6, 6.07) is 23.3. The van der Waals surface area contributed by atoms with Gasteiger partial charge in [-0.25, -0.2) is 0 Å². The van der Waals surface area contributed by atoms with E-state index in [2.05, 4.69) is 43.0 Å². The molecule has 0 N–H and O–H groups in total. The van der Waals surface area contributed by atoms with Crippen LogP contribution in [0, 0.1) is 6.92 Å². The zero-order valence-corrected chi connectivity index (χ0v) is 20.3. The summed E-state index contributed by atoms with van der Waals surface area (Å²) in [7, 11) is 1.60. The number of anilines is 1. The van der Waals surface area contributed by atoms with Gasteiger partial charge in [-0.05, 0) is 56.3 Å². The number of piperazine rings is 1. The normalized spacial score (nSPS) is 15.9. The highest BCUT2D eigenvalue weighted by atomic mass is 16.5. The SMILES string of the molecule is COc1ccc(-n2cc(C(=O)N3CCN(c4ccc(C)cc4)[C@H](C)C3)c3ccccc3c2=O)cc1. The molecule has 1 atom stereocenters. The number of aryl methyl sites for hydroxylation is 1. The first-order valence-electron chi connectivity index (χ1n) is 11.9. The van der Waals surface area contributed by atoms with Gasteiger partial charge < -0.3 is 14.5 Å². The number of aromatic nitrogens is 1. The minimum Gasteiger partial charge on any atom is -0.497 e. The van der Waals surface area contributed by atoms with Crippen LogP contribution in [-0.2, 0) is 0 Å². The molecule has 1 aromatic heterocycles. The molecule has 1 saturated heterocycles. The lowest BCUT2D eigenvalue weighted by molar-refractivity contribution is 0.0727. The molecule has 0 aliphatic carbocycles. The van der Waals surface area contributed by atoms with E-state index >= 15 is 0 Å². The number of benzene rings is 3. The number of nitrogens with zero attached hydrogens (tertiary/aromatic N) is 3. The Morgan fingerprint density at radius 3 is 2.20 bits per heavy atom. The number of rotatable bonds is 4. The highest BCUT2D eigenvalue weighted by molar-refractivity contribution is 6.06. The molecule has 0 bridgehead atoms. The quantitative estimate of drug-likeness (QED) is 0.438. The van der Waals surface area contributed by atoms with Crippen LogP contribution in [0.3, 0.4) is 0 Å². The third-order valence-electron chi connectivity index (χ3n) is 6.79. The van der Waals surface area contributed by atoms with Gasteiger partial charge in [0.2, 0.25) is 0 Å². The van der Waals surface area contributed by atoms with Crippen molar-refractivity contribution in [3.8, 4) is 11.4 Å². The van der Waals surface area contributed by atoms with Crippen LogP contribution < -0.4 is 15.2 Å². The Kier molecular flexibility index (Phi) is 6.03. The van der Waals surface area contributed by atoms with Crippen molar-refractivity contribution in [2.75, 3.05) is 31.6 Å². The van der Waals surface area contributed by atoms with Crippen LogP contribution in [0.15, 0.2) is 83.8 Å². The third kappa shape index (κ3) is 4.28. The molecule has 1 fully saturated rings. The highest BCUT2D eigenvalue weighted by Gasteiger charge is 2.29. The molecule has 2 heterocycles. The third-order valence-corrected chi connectivity index (χ3v) is 6.79. The van der Waals surface area contributed by atoms with Crippen molar-refractivity contribution in [1.82, 2.24) is 9.47 Å². The Morgan fingerprint density at radius 1 is 0.886 bits per heavy atom. The second kappa shape index (κ2) is 9.29. The number of amides is 1. The zero-order chi connectivity index (χ0) is 24.5. The van der Waals surface area contributed by atoms with Crippen molar-refractivity contribution >= 4 is 22.4 Å². The lowest BCUT2D eigenvalue weighted by atomic mass is 10.0. The van der Waals surface area contributed by atoms with Crippen molar-refractivity contribution in [2.24, 2.45) is 0 Å². The predicted octanol–water partition coefficient (Wildman–Crippen LogP) is 4.66. The number of fused-ring (bicyclic) bond motifs is 1. The summed E-state index contributed by atoms with van der Waals surface area (Å²) in [5.74, 6) is 0.651. The van der Waals surface area contributed by atoms with Crippen molar-refractivity contribution in [3.05, 3.63) is 100 Å². The summed E-state index contributed by atoms with van der Waals surface area (Å²) in [4.78, 5) is 31.4. The van der Waals surface area contributed by atoms with Crippen molar-refractivity contribution in [2.45, 2.75) is 19.9 Å². The summed E-state index contributed by atoms with van der Waals surface area (Å²) < 4.78 is 6.81. The van der Waals surface area contributed by atoms with Gasteiger partial charge in [-0.15, -0.1) is 0 Å². The summed E-state index contributed by atoms with van der Waals surface area (Å²) >= 11 is 0. The minimum absolute atomic E-state index is 0.0566. The van der Waals surface area contributed by atoms with Gasteiger partial charge in [0.25, 0.3) is 11.5 Å². The predicted molar refractivity (Wildman–Crippen MR) is 140 cm³/mol. The molecule has 35 heavy (non-hydrogen) atoms. The smallest absolute Gasteiger partial charge is 0.262 e. The van der Waals surface area contributed by atoms with E-state index in [1.165, 1.54) is 11.3 Å². The van der Waals surface area contributed by atoms with Crippen molar-refractivity contribution in [1.29, 1.82) is 0 Å². The molecule has 1 aliphatic rings. The van der Waals surface area contributed by atoms with Crippen LogP contribution >= 0.6 is 0 Å². The molecule has 0 radical (unpaired) electrons. The minimum atomic E-state index is -0.153. The number of carbonyl (C=O) groups is 1. The van der Waals surface area contributed by atoms with E-state index in [1.54, 1.807) is 23.9 Å². The Labute approximate surface area is 205 Å². The van der Waals surface area contributed by atoms with Gasteiger partial charge in [-0.3, -0.25) is 14.2 Å². The standard InChI is InChI=1S/C29H29N3O3/c1-20-8-10-22(11-9-20)31-17-16-30(18-21(31)2)28(33)27-19-32(23-12-14-24(35-3)15-13-23)29(34)26-7-5-4-6-25(26)27/h4-15,19,21H,16-18H2,1-3H3/t21-/m1/s1. The van der Waals surface area contributed by atoms with Gasteiger partial charge in [0.1, 0.15) is 5.75 Å². The average Bonchev–Trinajstić information content (AvgIpc) is 2.89. The van der Waals surface area contributed by atoms with E-state index in [1.807, 2.05) is 47.4 Å². The van der Waals surface area contributed by atoms with E-state index in [0.29, 0.717) is 40.9 Å². The first kappa shape index (κ1) is 22.7. The molecule has 6 nitrogen and oxygen atoms in total. The number of ether oxygens (including phenoxy) is 1. The first-order chi connectivity index (χ1) is 17.0. The highest BCUT2D eigenvalue weighted by Crippen LogP contribution is 2.25. The fourth-order valence-corrected chi connectivity index (χ4v) is 4.83. The van der Waals surface area contributed by atoms with E-state index in [-0.39, 0.29) is 17.5 Å². The number of hydrogen-bond donors (Lipinski definition) is 0. The number of pyridine rings is 1. The van der Waals surface area contributed by atoms with E-state index < -0.39 is 0 Å². The van der Waals surface area contributed by atoms with Crippen LogP contribution in [0.5, 0.6) is 5.75 Å². The Morgan fingerprint density at radius 2 is 1.54 bits per heavy atom. The second-order valence-electron chi connectivity index (χ2n) is 9.09. The zero-order valence-electron chi connectivity index (χ0n) is 20.3. The van der Waals surface area contributed by atoms with E-state index in [0.717, 1.165) is 6.54 Å². The molecular weight excluding hydrogens is 438 g/mol. The molecule has 1 amide bonds. The Bertz CT molecular complexity index is 1420. The summed E-state index contributed by atoms with van der Waals surface area (Å²) in [6.07, 6.45) is 1.69. The maximum Gasteiger partial charge on any atom is 0.262 e. The maximum absolute atomic E-state index is 13.8. The topological polar surface area (TPSA) is 54.8 Å². The second-order valence-corrected chi connectivity index (χ2v) is 9.09. The molecule has 0 saturated carbocycles. The van der Waals surface area contributed by atoms with Gasteiger partial charge in [0.15, 0.2) is 0 Å². The molecule has 3 aromatic carbocycles. The van der Waals surface area contributed by atoms with Gasteiger partial charge in [-0.1, -0.05) is 35.9 Å². The van der Waals surface area contributed by atoms with Gasteiger partial charge in [0, 0.05) is 54.0 Å². The number of hydrogen-bond acceptors (Lipinski definition) is 4. The number of methoxy groups -OCH3 is 1. The van der Waals surface area contributed by atoms with Gasteiger partial charge in [-0.2, -0.15) is 0 Å². The van der Waals surface area contributed by atoms with Gasteiger partial charge >= 0.3 is 0 Å². The molecular formula is C29H29N3O3. The Balaban J connectivity index is 1.49. The molecule has 4 aromatic rings. The lowest BCUT2D eigenvalue weighted by Gasteiger charge is -2.41. The molecule has 0 unspecified atom stereocenters. The van der Waals surface area contributed by atoms with Crippen LogP contribution in [0.25, 0.3) is 16.5 Å². The van der Waals surface area contributed by atoms with Crippen LogP contribution in [0.2, 0.25) is 0 Å². The fraction of sp³-hybridized carbons (Fsp3) is 0.241. The number of carbonyl (C=O) groups excluding carboxylic acids is 1. The molecule has 0 spiro atoms. The van der Waals surface area contributed by atoms with Crippen LogP contribution in [-0.4, -0.2) is 48.2 Å². The summed E-state index contributed by atoms with van der Waals surface area (Å²) in [6.45, 7) is 6.22. The van der Waals surface area contributed by atoms with Crippen LogP contribution in [0.4, 0.5) is 5.69 Å². The largest absolute Gasteiger partial charge is 0.497 e. The Hall–Kier alpha value is -4.06. The monoisotopic (exact) mass is 467 g/mol. The van der Waals surface area contributed by atoms with E-state index in [9.17, 15) is 9.59 Å². The first-order valence-corrected chi connectivity index (χ1v) is 11.9. The maximum atomic E-state index is 13.8. The summed E-state index contributed by atoms with van der Waals surface area (Å²) in [5, 5.41) is 1.21. The fourth-order valence-electron chi connectivity index (χ4n) is 4.83. The average molecular weight is 468 g/mol. The molecule has 5 rings (SSSR count). The van der Waals surface area contributed by atoms with Crippen LogP contribution in [0.1, 0.15) is 22.8 Å². The molecule has 6 heteroatoms. The van der Waals surface area contributed by atoms with Crippen molar-refractivity contribution in [3.63, 3.8) is 0 Å². The van der Waals surface area contributed by atoms with Crippen molar-refractivity contribution < 1.29 is 9.53 Å². The van der Waals surface area contributed by atoms with E-state index in [4.69, 9.17) is 4.74 Å². The summed E-state index contributed by atoms with van der Waals surface area (Å²) in [5.41, 5.74) is 3.47. The molecule has 1 aliphatic heterocycles. The lowest BCUT2D eigenvalue weighted by Crippen LogP contribution is -2.53.